The lowest BCUT2D eigenvalue weighted by Gasteiger charge is -2.13. The first-order valence-electron chi connectivity index (χ1n) is 8.48. The number of benzene rings is 2. The van der Waals surface area contributed by atoms with Gasteiger partial charge in [0.05, 0.1) is 23.2 Å². The topological polar surface area (TPSA) is 125 Å². The highest BCUT2D eigenvalue weighted by atomic mass is 16.6. The average Bonchev–Trinajstić information content (AvgIpc) is 2.96. The van der Waals surface area contributed by atoms with Crippen molar-refractivity contribution in [2.75, 3.05) is 26.9 Å². The lowest BCUT2D eigenvalue weighted by atomic mass is 10.1. The van der Waals surface area contributed by atoms with Crippen molar-refractivity contribution < 1.29 is 33.5 Å². The molecule has 0 saturated heterocycles. The molecule has 3 rings (SSSR count). The number of rotatable bonds is 8. The molecule has 2 amide bonds. The van der Waals surface area contributed by atoms with Crippen molar-refractivity contribution in [3.8, 4) is 11.5 Å². The molecule has 150 valence electrons. The van der Waals surface area contributed by atoms with Crippen molar-refractivity contribution in [1.82, 2.24) is 4.90 Å². The lowest BCUT2D eigenvalue weighted by Crippen LogP contribution is -2.36. The number of hydrogen-bond donors (Lipinski definition) is 0. The van der Waals surface area contributed by atoms with Gasteiger partial charge in [-0.05, 0) is 30.3 Å². The van der Waals surface area contributed by atoms with Gasteiger partial charge in [0.25, 0.3) is 17.5 Å². The van der Waals surface area contributed by atoms with E-state index in [-0.39, 0.29) is 30.0 Å². The van der Waals surface area contributed by atoms with Gasteiger partial charge in [-0.1, -0.05) is 0 Å². The first-order chi connectivity index (χ1) is 13.9. The molecule has 2 aromatic carbocycles. The molecule has 1 aliphatic rings. The summed E-state index contributed by atoms with van der Waals surface area (Å²) in [5, 5.41) is 10.8. The van der Waals surface area contributed by atoms with Crippen LogP contribution in [0.25, 0.3) is 0 Å². The van der Waals surface area contributed by atoms with Gasteiger partial charge in [-0.3, -0.25) is 29.4 Å². The maximum atomic E-state index is 12.3. The molecule has 29 heavy (non-hydrogen) atoms. The van der Waals surface area contributed by atoms with Crippen molar-refractivity contribution in [2.24, 2.45) is 0 Å². The molecule has 0 N–H and O–H groups in total. The Kier molecular flexibility index (Phi) is 5.72. The quantitative estimate of drug-likeness (QED) is 0.216. The van der Waals surface area contributed by atoms with E-state index in [4.69, 9.17) is 14.2 Å². The molecule has 0 aromatic heterocycles. The van der Waals surface area contributed by atoms with Crippen molar-refractivity contribution in [3.05, 3.63) is 63.7 Å². The highest BCUT2D eigenvalue weighted by Crippen LogP contribution is 2.26. The maximum absolute atomic E-state index is 12.3. The summed E-state index contributed by atoms with van der Waals surface area (Å²) in [6.07, 6.45) is 0. The monoisotopic (exact) mass is 400 g/mol. The summed E-state index contributed by atoms with van der Waals surface area (Å²) < 4.78 is 15.4. The minimum atomic E-state index is -0.799. The predicted molar refractivity (Wildman–Crippen MR) is 97.9 cm³/mol. The summed E-state index contributed by atoms with van der Waals surface area (Å²) in [4.78, 5) is 47.4. The number of nitrogens with zero attached hydrogens (tertiary/aromatic N) is 2. The molecule has 0 spiro atoms. The first-order valence-corrected chi connectivity index (χ1v) is 8.48. The number of amides is 2. The Morgan fingerprint density at radius 2 is 1.66 bits per heavy atom. The highest BCUT2D eigenvalue weighted by Gasteiger charge is 2.38. The van der Waals surface area contributed by atoms with Crippen LogP contribution in [0.1, 0.15) is 20.7 Å². The molecule has 1 heterocycles. The van der Waals surface area contributed by atoms with E-state index in [1.54, 1.807) is 31.4 Å². The van der Waals surface area contributed by atoms with E-state index in [9.17, 15) is 24.5 Å². The van der Waals surface area contributed by atoms with Gasteiger partial charge in [0.2, 0.25) is 0 Å². The van der Waals surface area contributed by atoms with E-state index in [2.05, 4.69) is 0 Å². The number of carbonyl (C=O) groups is 3. The van der Waals surface area contributed by atoms with Gasteiger partial charge >= 0.3 is 5.97 Å². The smallest absolute Gasteiger partial charge is 0.326 e. The maximum Gasteiger partial charge on any atom is 0.326 e. The van der Waals surface area contributed by atoms with Crippen LogP contribution in [0, 0.1) is 10.1 Å². The van der Waals surface area contributed by atoms with Crippen LogP contribution in [-0.4, -0.2) is 54.5 Å². The van der Waals surface area contributed by atoms with Crippen LogP contribution >= 0.6 is 0 Å². The fraction of sp³-hybridized carbons (Fsp3) is 0.211. The van der Waals surface area contributed by atoms with Gasteiger partial charge in [0.1, 0.15) is 31.3 Å². The van der Waals surface area contributed by atoms with Crippen LogP contribution in [0.5, 0.6) is 11.5 Å². The number of methoxy groups -OCH3 is 1. The summed E-state index contributed by atoms with van der Waals surface area (Å²) in [6.45, 7) is -0.603. The van der Waals surface area contributed by atoms with Gasteiger partial charge in [0.15, 0.2) is 0 Å². The van der Waals surface area contributed by atoms with Crippen LogP contribution in [0.2, 0.25) is 0 Å². The number of ether oxygens (including phenoxy) is 3. The molecule has 0 bridgehead atoms. The standard InChI is InChI=1S/C19H16N2O8/c1-27-13-3-5-14(6-4-13)28-8-9-29-17(22)11-20-18(23)15-7-2-12(21(25)26)10-16(15)19(20)24/h2-7,10H,8-9,11H2,1H3. The first kappa shape index (κ1) is 19.8. The van der Waals surface area contributed by atoms with Crippen molar-refractivity contribution in [2.45, 2.75) is 0 Å². The van der Waals surface area contributed by atoms with Crippen molar-refractivity contribution in [1.29, 1.82) is 0 Å². The number of nitro benzene ring substituents is 1. The van der Waals surface area contributed by atoms with Crippen LogP contribution in [0.15, 0.2) is 42.5 Å². The molecule has 2 aromatic rings. The zero-order valence-corrected chi connectivity index (χ0v) is 15.3. The molecule has 0 atom stereocenters. The Labute approximate surface area is 164 Å². The van der Waals surface area contributed by atoms with Crippen LogP contribution in [0.4, 0.5) is 5.69 Å². The molecule has 1 aliphatic heterocycles. The number of non-ortho nitro benzene ring substituents is 1. The number of esters is 1. The fourth-order valence-electron chi connectivity index (χ4n) is 2.70. The van der Waals surface area contributed by atoms with Gasteiger partial charge in [0, 0.05) is 12.1 Å². The Morgan fingerprint density at radius 3 is 2.31 bits per heavy atom. The Morgan fingerprint density at radius 1 is 1.00 bits per heavy atom. The summed E-state index contributed by atoms with van der Waals surface area (Å²) in [5.41, 5.74) is -0.416. The van der Waals surface area contributed by atoms with Crippen LogP contribution in [-0.2, 0) is 9.53 Å². The Balaban J connectivity index is 1.50. The largest absolute Gasteiger partial charge is 0.497 e. The van der Waals surface area contributed by atoms with E-state index < -0.39 is 29.3 Å². The molecule has 0 radical (unpaired) electrons. The average molecular weight is 400 g/mol. The third kappa shape index (κ3) is 4.32. The Hall–Kier alpha value is -3.95. The lowest BCUT2D eigenvalue weighted by molar-refractivity contribution is -0.384. The third-order valence-electron chi connectivity index (χ3n) is 4.13. The number of carbonyl (C=O) groups excluding carboxylic acids is 3. The molecular formula is C19H16N2O8. The van der Waals surface area contributed by atoms with Gasteiger partial charge < -0.3 is 14.2 Å². The van der Waals surface area contributed by atoms with E-state index in [0.717, 1.165) is 12.1 Å². The molecule has 10 nitrogen and oxygen atoms in total. The van der Waals surface area contributed by atoms with Gasteiger partial charge in [-0.15, -0.1) is 0 Å². The second kappa shape index (κ2) is 8.38. The third-order valence-corrected chi connectivity index (χ3v) is 4.13. The normalized spacial score (nSPS) is 12.5. The van der Waals surface area contributed by atoms with E-state index in [1.807, 2.05) is 0 Å². The summed E-state index contributed by atoms with van der Waals surface area (Å²) in [7, 11) is 1.55. The molecular weight excluding hydrogens is 384 g/mol. The van der Waals surface area contributed by atoms with E-state index in [0.29, 0.717) is 16.4 Å². The van der Waals surface area contributed by atoms with E-state index >= 15 is 0 Å². The highest BCUT2D eigenvalue weighted by molar-refractivity contribution is 6.22. The minimum Gasteiger partial charge on any atom is -0.497 e. The number of nitro groups is 1. The van der Waals surface area contributed by atoms with E-state index in [1.165, 1.54) is 6.07 Å². The second-order valence-corrected chi connectivity index (χ2v) is 5.93. The number of fused-ring (bicyclic) bond motifs is 1. The number of imide groups is 1. The minimum absolute atomic E-state index is 0.0104. The molecule has 10 heteroatoms. The molecule has 0 fully saturated rings. The van der Waals surface area contributed by atoms with Gasteiger partial charge in [-0.2, -0.15) is 0 Å². The molecule has 0 aliphatic carbocycles. The van der Waals surface area contributed by atoms with Crippen LogP contribution < -0.4 is 9.47 Å². The van der Waals surface area contributed by atoms with Crippen molar-refractivity contribution in [3.63, 3.8) is 0 Å². The summed E-state index contributed by atoms with van der Waals surface area (Å²) in [6, 6.07) is 10.2. The predicted octanol–water partition coefficient (Wildman–Crippen LogP) is 1.82. The van der Waals surface area contributed by atoms with Crippen molar-refractivity contribution >= 4 is 23.5 Å². The summed E-state index contributed by atoms with van der Waals surface area (Å²) >= 11 is 0. The SMILES string of the molecule is COc1ccc(OCCOC(=O)CN2C(=O)c3ccc([N+](=O)[O-])cc3C2=O)cc1. The molecule has 0 saturated carbocycles. The molecule has 0 unspecified atom stereocenters. The zero-order valence-electron chi connectivity index (χ0n) is 15.3. The number of hydrogen-bond acceptors (Lipinski definition) is 8. The van der Waals surface area contributed by atoms with Crippen LogP contribution in [0.3, 0.4) is 0 Å². The zero-order chi connectivity index (χ0) is 21.0. The second-order valence-electron chi connectivity index (χ2n) is 5.93. The summed E-state index contributed by atoms with van der Waals surface area (Å²) in [5.74, 6) is -1.04. The Bertz CT molecular complexity index is 971. The van der Waals surface area contributed by atoms with Gasteiger partial charge in [-0.25, -0.2) is 0 Å². The fourth-order valence-corrected chi connectivity index (χ4v) is 2.70.